The van der Waals surface area contributed by atoms with Crippen LogP contribution in [-0.4, -0.2) is 10.2 Å². The van der Waals surface area contributed by atoms with Crippen LogP contribution in [0.5, 0.6) is 0 Å². The Morgan fingerprint density at radius 3 is 2.33 bits per heavy atom. The van der Waals surface area contributed by atoms with Crippen LogP contribution in [-0.2, 0) is 6.18 Å². The molecule has 0 radical (unpaired) electrons. The molecule has 0 aliphatic heterocycles. The molecule has 1 aromatic heterocycles. The van der Waals surface area contributed by atoms with Gasteiger partial charge in [-0.15, -0.1) is 0 Å². The second-order valence-corrected chi connectivity index (χ2v) is 3.88. The highest BCUT2D eigenvalue weighted by Crippen LogP contribution is 2.34. The van der Waals surface area contributed by atoms with Gasteiger partial charge in [-0.05, 0) is 12.1 Å². The lowest BCUT2D eigenvalue weighted by atomic mass is 10.1. The van der Waals surface area contributed by atoms with Gasteiger partial charge < -0.3 is 0 Å². The summed E-state index contributed by atoms with van der Waals surface area (Å²) < 4.78 is 37.8. The quantitative estimate of drug-likeness (QED) is 0.861. The summed E-state index contributed by atoms with van der Waals surface area (Å²) >= 11 is 5.68. The number of benzene rings is 1. The Labute approximate surface area is 105 Å². The number of nitrogens with zero attached hydrogens (tertiary/aromatic N) is 2. The lowest BCUT2D eigenvalue weighted by Crippen LogP contribution is -2.07. The first-order chi connectivity index (χ1) is 8.43. The van der Waals surface area contributed by atoms with E-state index in [9.17, 15) is 13.2 Å². The highest BCUT2D eigenvalue weighted by molar-refractivity contribution is 6.30. The van der Waals surface area contributed by atoms with Crippen molar-refractivity contribution in [1.82, 2.24) is 10.2 Å². The van der Waals surface area contributed by atoms with E-state index in [2.05, 4.69) is 5.10 Å². The van der Waals surface area contributed by atoms with Crippen molar-refractivity contribution in [3.8, 4) is 17.3 Å². The van der Waals surface area contributed by atoms with Gasteiger partial charge in [-0.1, -0.05) is 23.7 Å². The summed E-state index contributed by atoms with van der Waals surface area (Å²) in [5.74, 6) is 0. The molecule has 1 heterocycles. The van der Waals surface area contributed by atoms with E-state index in [1.165, 1.54) is 30.3 Å². The molecular formula is C11H5ClF3N3. The van der Waals surface area contributed by atoms with Crippen LogP contribution in [0.15, 0.2) is 24.3 Å². The molecule has 0 atom stereocenters. The third-order valence-electron chi connectivity index (χ3n) is 2.28. The van der Waals surface area contributed by atoms with Crippen molar-refractivity contribution in [1.29, 1.82) is 5.26 Å². The SMILES string of the molecule is N#Cc1c(-c2ccc(Cl)cc2)n[nH]c1C(F)(F)F. The van der Waals surface area contributed by atoms with Gasteiger partial charge in [0.25, 0.3) is 0 Å². The average molecular weight is 272 g/mol. The van der Waals surface area contributed by atoms with Crippen molar-refractivity contribution in [3.05, 3.63) is 40.5 Å². The number of H-pyrrole nitrogens is 1. The van der Waals surface area contributed by atoms with Crippen molar-refractivity contribution in [2.45, 2.75) is 6.18 Å². The van der Waals surface area contributed by atoms with Crippen LogP contribution in [0.3, 0.4) is 0 Å². The zero-order chi connectivity index (χ0) is 13.3. The number of rotatable bonds is 1. The average Bonchev–Trinajstić information content (AvgIpc) is 2.73. The number of halogens is 4. The standard InChI is InChI=1S/C11H5ClF3N3/c12-7-3-1-6(2-4-7)9-8(5-16)10(18-17-9)11(13,14)15/h1-4H,(H,17,18). The fraction of sp³-hybridized carbons (Fsp3) is 0.0909. The number of aromatic amines is 1. The number of hydrogen-bond donors (Lipinski definition) is 1. The van der Waals surface area contributed by atoms with E-state index < -0.39 is 17.4 Å². The third-order valence-corrected chi connectivity index (χ3v) is 2.53. The molecule has 0 aliphatic rings. The molecule has 2 aromatic rings. The van der Waals surface area contributed by atoms with Gasteiger partial charge in [-0.2, -0.15) is 23.5 Å². The maximum Gasteiger partial charge on any atom is 0.434 e. The van der Waals surface area contributed by atoms with E-state index in [1.807, 2.05) is 5.10 Å². The molecular weight excluding hydrogens is 267 g/mol. The van der Waals surface area contributed by atoms with Crippen LogP contribution in [0.1, 0.15) is 11.3 Å². The van der Waals surface area contributed by atoms with Gasteiger partial charge in [0.15, 0.2) is 5.69 Å². The molecule has 0 bridgehead atoms. The van der Waals surface area contributed by atoms with Crippen LogP contribution >= 0.6 is 11.6 Å². The summed E-state index contributed by atoms with van der Waals surface area (Å²) in [5, 5.41) is 14.7. The summed E-state index contributed by atoms with van der Waals surface area (Å²) in [6.45, 7) is 0. The highest BCUT2D eigenvalue weighted by atomic mass is 35.5. The van der Waals surface area contributed by atoms with Gasteiger partial charge in [0.2, 0.25) is 0 Å². The van der Waals surface area contributed by atoms with Gasteiger partial charge in [0.05, 0.1) is 0 Å². The first-order valence-electron chi connectivity index (χ1n) is 4.75. The van der Waals surface area contributed by atoms with E-state index in [0.29, 0.717) is 10.6 Å². The van der Waals surface area contributed by atoms with Gasteiger partial charge >= 0.3 is 6.18 Å². The van der Waals surface area contributed by atoms with Crippen molar-refractivity contribution in [3.63, 3.8) is 0 Å². The highest BCUT2D eigenvalue weighted by Gasteiger charge is 2.37. The van der Waals surface area contributed by atoms with Crippen molar-refractivity contribution in [2.24, 2.45) is 0 Å². The predicted octanol–water partition coefficient (Wildman–Crippen LogP) is 3.62. The molecule has 0 spiro atoms. The number of aromatic nitrogens is 2. The maximum atomic E-state index is 12.6. The largest absolute Gasteiger partial charge is 0.434 e. The Hall–Kier alpha value is -2.00. The van der Waals surface area contributed by atoms with Crippen LogP contribution in [0, 0.1) is 11.3 Å². The molecule has 1 aromatic carbocycles. The molecule has 7 heteroatoms. The second kappa shape index (κ2) is 4.35. The molecule has 0 amide bonds. The third kappa shape index (κ3) is 2.17. The maximum absolute atomic E-state index is 12.6. The first kappa shape index (κ1) is 12.5. The van der Waals surface area contributed by atoms with Crippen molar-refractivity contribution in [2.75, 3.05) is 0 Å². The minimum Gasteiger partial charge on any atom is -0.272 e. The van der Waals surface area contributed by atoms with Gasteiger partial charge in [-0.25, -0.2) is 0 Å². The molecule has 2 rings (SSSR count). The number of nitriles is 1. The Morgan fingerprint density at radius 1 is 1.22 bits per heavy atom. The molecule has 92 valence electrons. The second-order valence-electron chi connectivity index (χ2n) is 3.44. The smallest absolute Gasteiger partial charge is 0.272 e. The Kier molecular flexibility index (Phi) is 3.01. The lowest BCUT2D eigenvalue weighted by molar-refractivity contribution is -0.141. The monoisotopic (exact) mass is 271 g/mol. The number of nitrogens with one attached hydrogen (secondary N) is 1. The predicted molar refractivity (Wildman–Crippen MR) is 58.8 cm³/mol. The lowest BCUT2D eigenvalue weighted by Gasteiger charge is -2.03. The summed E-state index contributed by atoms with van der Waals surface area (Å²) in [4.78, 5) is 0. The molecule has 0 unspecified atom stereocenters. The fourth-order valence-electron chi connectivity index (χ4n) is 1.47. The van der Waals surface area contributed by atoms with Crippen LogP contribution in [0.4, 0.5) is 13.2 Å². The van der Waals surface area contributed by atoms with Crippen molar-refractivity contribution >= 4 is 11.6 Å². The topological polar surface area (TPSA) is 52.5 Å². The van der Waals surface area contributed by atoms with Gasteiger partial charge in [0, 0.05) is 10.6 Å². The number of alkyl halides is 3. The summed E-state index contributed by atoms with van der Waals surface area (Å²) in [6.07, 6.45) is -4.64. The summed E-state index contributed by atoms with van der Waals surface area (Å²) in [6, 6.07) is 7.54. The van der Waals surface area contributed by atoms with E-state index in [1.54, 1.807) is 0 Å². The number of hydrogen-bond acceptors (Lipinski definition) is 2. The molecule has 0 saturated carbocycles. The van der Waals surface area contributed by atoms with E-state index in [-0.39, 0.29) is 5.69 Å². The van der Waals surface area contributed by atoms with Crippen LogP contribution < -0.4 is 0 Å². The minimum absolute atomic E-state index is 0.0403. The van der Waals surface area contributed by atoms with Crippen LogP contribution in [0.25, 0.3) is 11.3 Å². The molecule has 3 nitrogen and oxygen atoms in total. The zero-order valence-electron chi connectivity index (χ0n) is 8.72. The van der Waals surface area contributed by atoms with Crippen LogP contribution in [0.2, 0.25) is 5.02 Å². The molecule has 0 fully saturated rings. The Bertz CT molecular complexity index is 608. The Morgan fingerprint density at radius 2 is 1.83 bits per heavy atom. The van der Waals surface area contributed by atoms with Gasteiger partial charge in [0.1, 0.15) is 17.3 Å². The van der Waals surface area contributed by atoms with E-state index >= 15 is 0 Å². The van der Waals surface area contributed by atoms with E-state index in [4.69, 9.17) is 16.9 Å². The molecule has 18 heavy (non-hydrogen) atoms. The van der Waals surface area contributed by atoms with Crippen molar-refractivity contribution < 1.29 is 13.2 Å². The Balaban J connectivity index is 2.57. The van der Waals surface area contributed by atoms with E-state index in [0.717, 1.165) is 0 Å². The molecule has 1 N–H and O–H groups in total. The molecule has 0 aliphatic carbocycles. The van der Waals surface area contributed by atoms with Gasteiger partial charge in [-0.3, -0.25) is 5.10 Å². The fourth-order valence-corrected chi connectivity index (χ4v) is 1.60. The summed E-state index contributed by atoms with van der Waals surface area (Å²) in [7, 11) is 0. The normalized spacial score (nSPS) is 11.3. The minimum atomic E-state index is -4.64. The first-order valence-corrected chi connectivity index (χ1v) is 5.13. The zero-order valence-corrected chi connectivity index (χ0v) is 9.47. The summed E-state index contributed by atoms with van der Waals surface area (Å²) in [5.41, 5.74) is -1.32. The molecule has 0 saturated heterocycles.